The zero-order valence-corrected chi connectivity index (χ0v) is 11.7. The standard InChI is InChI=1S/C10H13N2O.W/c1-7-5-8(2)9-11-10(3,4)13-12(9)6-7;/h5H,1-4H3;/q-1;. The fourth-order valence-corrected chi connectivity index (χ4v) is 1.49. The van der Waals surface area contributed by atoms with Crippen molar-refractivity contribution in [2.75, 3.05) is 0 Å². The Labute approximate surface area is 98.7 Å². The molecule has 0 spiro atoms. The molecule has 0 atom stereocenters. The molecule has 0 fully saturated rings. The smallest absolute Gasteiger partial charge is 0.167 e. The summed E-state index contributed by atoms with van der Waals surface area (Å²) in [7, 11) is 0. The van der Waals surface area contributed by atoms with Gasteiger partial charge in [-0.05, 0) is 13.8 Å². The van der Waals surface area contributed by atoms with E-state index in [-0.39, 0.29) is 21.1 Å². The van der Waals surface area contributed by atoms with Crippen molar-refractivity contribution in [3.8, 4) is 0 Å². The second-order valence-corrected chi connectivity index (χ2v) is 3.89. The number of hydrogen-bond acceptors (Lipinski definition) is 3. The zero-order chi connectivity index (χ0) is 9.64. The number of fused-ring (bicyclic) bond motifs is 1. The molecule has 2 aliphatic heterocycles. The molecular weight excluding hydrogens is 348 g/mol. The molecule has 0 amide bonds. The van der Waals surface area contributed by atoms with Crippen LogP contribution in [0.2, 0.25) is 0 Å². The van der Waals surface area contributed by atoms with Crippen LogP contribution < -0.4 is 0 Å². The number of amidine groups is 1. The maximum atomic E-state index is 5.55. The molecule has 0 aromatic carbocycles. The summed E-state index contributed by atoms with van der Waals surface area (Å²) in [4.78, 5) is 9.98. The van der Waals surface area contributed by atoms with Gasteiger partial charge in [-0.1, -0.05) is 20.0 Å². The molecule has 0 radical (unpaired) electrons. The first-order valence-corrected chi connectivity index (χ1v) is 4.36. The van der Waals surface area contributed by atoms with E-state index in [4.69, 9.17) is 4.84 Å². The average molecular weight is 361 g/mol. The van der Waals surface area contributed by atoms with Crippen molar-refractivity contribution in [1.82, 2.24) is 5.06 Å². The monoisotopic (exact) mass is 361 g/mol. The molecule has 2 heterocycles. The van der Waals surface area contributed by atoms with E-state index < -0.39 is 5.72 Å². The summed E-state index contributed by atoms with van der Waals surface area (Å²) < 4.78 is 0. The maximum Gasteiger partial charge on any atom is 0.167 e. The predicted molar refractivity (Wildman–Crippen MR) is 50.6 cm³/mol. The predicted octanol–water partition coefficient (Wildman–Crippen LogP) is 2.03. The quantitative estimate of drug-likeness (QED) is 0.617. The van der Waals surface area contributed by atoms with Crippen LogP contribution in [0.4, 0.5) is 0 Å². The first-order valence-electron chi connectivity index (χ1n) is 4.36. The van der Waals surface area contributed by atoms with E-state index >= 15 is 0 Å². The summed E-state index contributed by atoms with van der Waals surface area (Å²) in [5.74, 6) is 0.871. The summed E-state index contributed by atoms with van der Waals surface area (Å²) in [6.45, 7) is 7.89. The Morgan fingerprint density at radius 2 is 2.07 bits per heavy atom. The zero-order valence-electron chi connectivity index (χ0n) is 8.79. The Hall–Kier alpha value is -0.402. The van der Waals surface area contributed by atoms with Gasteiger partial charge >= 0.3 is 0 Å². The number of hydrogen-bond donors (Lipinski definition) is 0. The van der Waals surface area contributed by atoms with Crippen LogP contribution in [-0.2, 0) is 25.9 Å². The number of hydroxylamine groups is 2. The minimum absolute atomic E-state index is 0. The second-order valence-electron chi connectivity index (χ2n) is 3.89. The summed E-state index contributed by atoms with van der Waals surface area (Å²) in [5, 5.41) is 1.63. The largest absolute Gasteiger partial charge is 0.317 e. The van der Waals surface area contributed by atoms with Crippen molar-refractivity contribution >= 4 is 5.84 Å². The fraction of sp³-hybridized carbons (Fsp3) is 0.500. The second kappa shape index (κ2) is 3.63. The van der Waals surface area contributed by atoms with Gasteiger partial charge in [-0.15, -0.1) is 11.1 Å². The van der Waals surface area contributed by atoms with Crippen LogP contribution in [0.1, 0.15) is 27.7 Å². The van der Waals surface area contributed by atoms with Gasteiger partial charge in [-0.2, -0.15) is 6.08 Å². The van der Waals surface area contributed by atoms with Gasteiger partial charge in [0.25, 0.3) is 0 Å². The fourth-order valence-electron chi connectivity index (χ4n) is 1.49. The Morgan fingerprint density at radius 3 is 2.71 bits per heavy atom. The van der Waals surface area contributed by atoms with Gasteiger partial charge in [0.1, 0.15) is 0 Å². The average Bonchev–Trinajstić information content (AvgIpc) is 2.23. The van der Waals surface area contributed by atoms with Crippen molar-refractivity contribution in [2.24, 2.45) is 4.99 Å². The van der Waals surface area contributed by atoms with Crippen LogP contribution in [0.3, 0.4) is 0 Å². The Bertz CT molecular complexity index is 342. The Balaban J connectivity index is 0.000000980. The van der Waals surface area contributed by atoms with Crippen molar-refractivity contribution in [2.45, 2.75) is 33.4 Å². The molecule has 0 saturated heterocycles. The van der Waals surface area contributed by atoms with Crippen LogP contribution in [0.15, 0.2) is 22.2 Å². The Kier molecular flexibility index (Phi) is 3.03. The molecule has 3 nitrogen and oxygen atoms in total. The van der Waals surface area contributed by atoms with Gasteiger partial charge < -0.3 is 5.06 Å². The molecular formula is C10H13N2OW-. The topological polar surface area (TPSA) is 24.8 Å². The van der Waals surface area contributed by atoms with E-state index in [0.29, 0.717) is 0 Å². The third kappa shape index (κ3) is 1.99. The molecule has 2 rings (SSSR count). The third-order valence-electron chi connectivity index (χ3n) is 1.95. The van der Waals surface area contributed by atoms with Gasteiger partial charge in [0, 0.05) is 26.9 Å². The minimum atomic E-state index is -0.456. The molecule has 0 aromatic rings. The number of rotatable bonds is 0. The van der Waals surface area contributed by atoms with Gasteiger partial charge in [0.15, 0.2) is 5.72 Å². The van der Waals surface area contributed by atoms with E-state index in [0.717, 1.165) is 17.0 Å². The third-order valence-corrected chi connectivity index (χ3v) is 1.95. The van der Waals surface area contributed by atoms with Crippen LogP contribution in [0.5, 0.6) is 0 Å². The van der Waals surface area contributed by atoms with Crippen molar-refractivity contribution in [3.63, 3.8) is 0 Å². The van der Waals surface area contributed by atoms with Crippen LogP contribution in [0.25, 0.3) is 0 Å². The van der Waals surface area contributed by atoms with E-state index in [1.807, 2.05) is 27.7 Å². The van der Waals surface area contributed by atoms with E-state index in [9.17, 15) is 0 Å². The molecule has 0 aromatic heterocycles. The molecule has 14 heavy (non-hydrogen) atoms. The molecule has 76 valence electrons. The summed E-state index contributed by atoms with van der Waals surface area (Å²) in [6, 6.07) is 0. The molecule has 0 N–H and O–H groups in total. The minimum Gasteiger partial charge on any atom is -0.317 e. The van der Waals surface area contributed by atoms with Crippen molar-refractivity contribution in [1.29, 1.82) is 0 Å². The summed E-state index contributed by atoms with van der Waals surface area (Å²) in [5.41, 5.74) is 1.73. The van der Waals surface area contributed by atoms with Gasteiger partial charge in [0.2, 0.25) is 0 Å². The molecule has 0 saturated carbocycles. The van der Waals surface area contributed by atoms with Gasteiger partial charge in [-0.3, -0.25) is 9.83 Å². The van der Waals surface area contributed by atoms with Crippen LogP contribution in [-0.4, -0.2) is 16.6 Å². The van der Waals surface area contributed by atoms with Crippen LogP contribution >= 0.6 is 0 Å². The first kappa shape index (κ1) is 11.7. The number of allylic oxidation sites excluding steroid dienone is 2. The van der Waals surface area contributed by atoms with Crippen molar-refractivity contribution in [3.05, 3.63) is 23.4 Å². The molecule has 4 heteroatoms. The summed E-state index contributed by atoms with van der Waals surface area (Å²) >= 11 is 0. The van der Waals surface area contributed by atoms with E-state index in [2.05, 4.69) is 17.3 Å². The molecule has 0 aliphatic carbocycles. The van der Waals surface area contributed by atoms with Crippen molar-refractivity contribution < 1.29 is 25.9 Å². The maximum absolute atomic E-state index is 5.55. The van der Waals surface area contributed by atoms with E-state index in [1.165, 1.54) is 0 Å². The summed E-state index contributed by atoms with van der Waals surface area (Å²) in [6.07, 6.45) is 5.14. The first-order chi connectivity index (χ1) is 5.98. The number of aliphatic imine (C=N–C) groups is 1. The van der Waals surface area contributed by atoms with Crippen LogP contribution in [0, 0.1) is 6.20 Å². The van der Waals surface area contributed by atoms with E-state index in [1.54, 1.807) is 5.06 Å². The number of nitrogens with zero attached hydrogens (tertiary/aromatic N) is 2. The molecule has 0 unspecified atom stereocenters. The normalized spacial score (nSPS) is 23.1. The molecule has 0 bridgehead atoms. The Morgan fingerprint density at radius 1 is 1.43 bits per heavy atom. The van der Waals surface area contributed by atoms with Gasteiger partial charge in [0.05, 0.1) is 0 Å². The SMILES string of the molecule is CC1=[C-]N2OC(C)(C)N=C2C(C)=C1.[W]. The molecule has 2 aliphatic rings. The van der Waals surface area contributed by atoms with Gasteiger partial charge in [-0.25, -0.2) is 0 Å².